The molecule has 10 nitrogen and oxygen atoms in total. The molecule has 0 aliphatic rings. The quantitative estimate of drug-likeness (QED) is 0.524. The van der Waals surface area contributed by atoms with E-state index in [0.29, 0.717) is 9.58 Å². The fraction of sp³-hybridized carbons (Fsp3) is 0.300. The molecule has 0 aliphatic heterocycles. The molecule has 0 fully saturated rings. The summed E-state index contributed by atoms with van der Waals surface area (Å²) < 4.78 is 0.668. The van der Waals surface area contributed by atoms with Crippen LogP contribution in [0.5, 0.6) is 0 Å². The highest BCUT2D eigenvalue weighted by Gasteiger charge is 2.20. The Labute approximate surface area is 110 Å². The molecule has 10 heteroatoms. The van der Waals surface area contributed by atoms with Crippen LogP contribution in [-0.4, -0.2) is 55.8 Å². The highest BCUT2D eigenvalue weighted by molar-refractivity contribution is 5.84. The highest BCUT2D eigenvalue weighted by Crippen LogP contribution is 1.92. The van der Waals surface area contributed by atoms with Crippen molar-refractivity contribution in [3.63, 3.8) is 0 Å². The number of rotatable bonds is 6. The van der Waals surface area contributed by atoms with Gasteiger partial charge in [0.1, 0.15) is 19.6 Å². The van der Waals surface area contributed by atoms with Crippen LogP contribution in [0.1, 0.15) is 0 Å². The Morgan fingerprint density at radius 1 is 1.10 bits per heavy atom. The maximum Gasteiger partial charge on any atom is 0.323 e. The van der Waals surface area contributed by atoms with Crippen molar-refractivity contribution >= 4 is 17.8 Å². The third-order valence-electron chi connectivity index (χ3n) is 2.19. The summed E-state index contributed by atoms with van der Waals surface area (Å²) in [7, 11) is 0. The molecule has 0 saturated carbocycles. The summed E-state index contributed by atoms with van der Waals surface area (Å²) >= 11 is 0. The Bertz CT molecular complexity index is 629. The second-order valence-electron chi connectivity index (χ2n) is 3.77. The molecule has 20 heavy (non-hydrogen) atoms. The first-order chi connectivity index (χ1) is 9.29. The van der Waals surface area contributed by atoms with Crippen molar-refractivity contribution in [2.24, 2.45) is 0 Å². The Morgan fingerprint density at radius 3 is 2.15 bits per heavy atom. The molecule has 1 aromatic rings. The predicted molar refractivity (Wildman–Crippen MR) is 63.2 cm³/mol. The first-order valence-corrected chi connectivity index (χ1v) is 5.31. The maximum absolute atomic E-state index is 11.8. The van der Waals surface area contributed by atoms with Gasteiger partial charge in [0.15, 0.2) is 0 Å². The van der Waals surface area contributed by atoms with Crippen molar-refractivity contribution in [2.45, 2.75) is 6.54 Å². The molecule has 0 bridgehead atoms. The molecule has 0 saturated heterocycles. The van der Waals surface area contributed by atoms with Crippen molar-refractivity contribution < 1.29 is 24.6 Å². The van der Waals surface area contributed by atoms with Gasteiger partial charge in [0.25, 0.3) is 11.1 Å². The van der Waals surface area contributed by atoms with Crippen LogP contribution in [-0.2, 0) is 20.9 Å². The average Bonchev–Trinajstić information content (AvgIpc) is 2.31. The molecule has 3 N–H and O–H groups in total. The van der Waals surface area contributed by atoms with Crippen LogP contribution >= 0.6 is 0 Å². The lowest BCUT2D eigenvalue weighted by molar-refractivity contribution is -0.149. The molecular weight excluding hydrogens is 274 g/mol. The molecule has 0 radical (unpaired) electrons. The van der Waals surface area contributed by atoms with Crippen LogP contribution in [0.15, 0.2) is 21.7 Å². The SMILES string of the molecule is O=C(O)CN(CC(=O)O)C(=O)Cn1[nH]c(=O)ccc1=O. The number of hydrogen-bond acceptors (Lipinski definition) is 5. The number of amides is 1. The highest BCUT2D eigenvalue weighted by atomic mass is 16.4. The molecule has 1 rings (SSSR count). The van der Waals surface area contributed by atoms with Crippen LogP contribution in [0.2, 0.25) is 0 Å². The molecule has 0 atom stereocenters. The summed E-state index contributed by atoms with van der Waals surface area (Å²) in [6.45, 7) is -2.30. The Morgan fingerprint density at radius 2 is 1.65 bits per heavy atom. The number of carbonyl (C=O) groups excluding carboxylic acids is 1. The lowest BCUT2D eigenvalue weighted by Gasteiger charge is -2.18. The number of carbonyl (C=O) groups is 3. The number of nitrogens with zero attached hydrogens (tertiary/aromatic N) is 2. The number of carboxylic acids is 2. The minimum Gasteiger partial charge on any atom is -0.480 e. The van der Waals surface area contributed by atoms with Crippen molar-refractivity contribution in [3.8, 4) is 0 Å². The third-order valence-corrected chi connectivity index (χ3v) is 2.19. The largest absolute Gasteiger partial charge is 0.480 e. The zero-order chi connectivity index (χ0) is 15.3. The smallest absolute Gasteiger partial charge is 0.323 e. The number of aliphatic carboxylic acids is 2. The number of hydrogen-bond donors (Lipinski definition) is 3. The van der Waals surface area contributed by atoms with E-state index >= 15 is 0 Å². The van der Waals surface area contributed by atoms with E-state index in [2.05, 4.69) is 5.10 Å². The van der Waals surface area contributed by atoms with Gasteiger partial charge in [0.05, 0.1) is 0 Å². The van der Waals surface area contributed by atoms with Gasteiger partial charge in [-0.3, -0.25) is 29.1 Å². The second-order valence-corrected chi connectivity index (χ2v) is 3.77. The van der Waals surface area contributed by atoms with E-state index in [9.17, 15) is 24.0 Å². The second kappa shape index (κ2) is 6.31. The van der Waals surface area contributed by atoms with Gasteiger partial charge in [-0.2, -0.15) is 0 Å². The standard InChI is InChI=1S/C10H11N3O7/c14-6-1-2-7(15)13(11-6)3-8(16)12(4-9(17)18)5-10(19)20/h1-2H,3-5H2,(H,11,14)(H,17,18)(H,19,20). The topological polar surface area (TPSA) is 150 Å². The molecule has 1 amide bonds. The summed E-state index contributed by atoms with van der Waals surface area (Å²) in [6, 6.07) is 1.90. The predicted octanol–water partition coefficient (Wildman–Crippen LogP) is -2.47. The van der Waals surface area contributed by atoms with Gasteiger partial charge in [-0.1, -0.05) is 0 Å². The van der Waals surface area contributed by atoms with Crippen LogP contribution in [0, 0.1) is 0 Å². The first kappa shape index (κ1) is 15.1. The van der Waals surface area contributed by atoms with E-state index in [-0.39, 0.29) is 0 Å². The fourth-order valence-electron chi connectivity index (χ4n) is 1.37. The maximum atomic E-state index is 11.8. The van der Waals surface area contributed by atoms with E-state index in [1.807, 2.05) is 0 Å². The van der Waals surface area contributed by atoms with Gasteiger partial charge in [0.2, 0.25) is 5.91 Å². The average molecular weight is 285 g/mol. The van der Waals surface area contributed by atoms with Crippen LogP contribution < -0.4 is 11.1 Å². The normalized spacial score (nSPS) is 10.0. The van der Waals surface area contributed by atoms with Crippen LogP contribution in [0.3, 0.4) is 0 Å². The van der Waals surface area contributed by atoms with Gasteiger partial charge >= 0.3 is 11.9 Å². The number of carboxylic acid groups (broad SMARTS) is 2. The van der Waals surface area contributed by atoms with E-state index in [4.69, 9.17) is 10.2 Å². The summed E-state index contributed by atoms with van der Waals surface area (Å²) in [4.78, 5) is 55.8. The number of aromatic nitrogens is 2. The van der Waals surface area contributed by atoms with E-state index in [0.717, 1.165) is 12.1 Å². The summed E-state index contributed by atoms with van der Waals surface area (Å²) in [5.74, 6) is -3.71. The molecule has 0 unspecified atom stereocenters. The minimum atomic E-state index is -1.39. The lowest BCUT2D eigenvalue weighted by Crippen LogP contribution is -2.43. The first-order valence-electron chi connectivity index (χ1n) is 5.31. The molecule has 1 aromatic heterocycles. The lowest BCUT2D eigenvalue weighted by atomic mass is 10.4. The molecule has 0 aromatic carbocycles. The van der Waals surface area contributed by atoms with Gasteiger partial charge in [-0.15, -0.1) is 0 Å². The third kappa shape index (κ3) is 4.40. The van der Waals surface area contributed by atoms with E-state index < -0.39 is 48.6 Å². The molecule has 108 valence electrons. The van der Waals surface area contributed by atoms with Crippen molar-refractivity contribution in [1.29, 1.82) is 0 Å². The Kier molecular flexibility index (Phi) is 4.78. The fourth-order valence-corrected chi connectivity index (χ4v) is 1.37. The van der Waals surface area contributed by atoms with Crippen molar-refractivity contribution in [1.82, 2.24) is 14.7 Å². The van der Waals surface area contributed by atoms with Crippen LogP contribution in [0.4, 0.5) is 0 Å². The molecule has 1 heterocycles. The molecular formula is C10H11N3O7. The number of aromatic amines is 1. The van der Waals surface area contributed by atoms with Gasteiger partial charge in [-0.25, -0.2) is 4.68 Å². The Hall–Kier alpha value is -2.91. The van der Waals surface area contributed by atoms with E-state index in [1.165, 1.54) is 0 Å². The zero-order valence-electron chi connectivity index (χ0n) is 10.1. The Balaban J connectivity index is 2.92. The number of nitrogens with one attached hydrogen (secondary N) is 1. The molecule has 0 aliphatic carbocycles. The summed E-state index contributed by atoms with van der Waals surface area (Å²) in [6.07, 6.45) is 0. The van der Waals surface area contributed by atoms with Gasteiger partial charge in [-0.05, 0) is 0 Å². The summed E-state index contributed by atoms with van der Waals surface area (Å²) in [5.41, 5.74) is -1.30. The van der Waals surface area contributed by atoms with Gasteiger partial charge < -0.3 is 15.1 Å². The number of H-pyrrole nitrogens is 1. The summed E-state index contributed by atoms with van der Waals surface area (Å²) in [5, 5.41) is 19.3. The van der Waals surface area contributed by atoms with Crippen LogP contribution in [0.25, 0.3) is 0 Å². The zero-order valence-corrected chi connectivity index (χ0v) is 10.1. The van der Waals surface area contributed by atoms with Gasteiger partial charge in [0, 0.05) is 12.1 Å². The molecule has 0 spiro atoms. The monoisotopic (exact) mass is 285 g/mol. The van der Waals surface area contributed by atoms with E-state index in [1.54, 1.807) is 0 Å². The minimum absolute atomic E-state index is 0.544. The van der Waals surface area contributed by atoms with Crippen molar-refractivity contribution in [3.05, 3.63) is 32.8 Å². The van der Waals surface area contributed by atoms with Crippen molar-refractivity contribution in [2.75, 3.05) is 13.1 Å².